The van der Waals surface area contributed by atoms with Crippen molar-refractivity contribution >= 4 is 5.91 Å². The number of rotatable bonds is 5. The van der Waals surface area contributed by atoms with Crippen LogP contribution in [0.4, 0.5) is 13.2 Å². The van der Waals surface area contributed by atoms with Crippen molar-refractivity contribution in [3.05, 3.63) is 52.6 Å². The van der Waals surface area contributed by atoms with E-state index in [9.17, 15) is 18.0 Å². The van der Waals surface area contributed by atoms with E-state index in [4.69, 9.17) is 9.47 Å². The topological polar surface area (TPSA) is 76.2 Å². The number of carbonyl (C=O) groups is 1. The Morgan fingerprint density at radius 2 is 2.19 bits per heavy atom. The molecule has 2 aromatic heterocycles. The fraction of sp³-hybridized carbons (Fsp3) is 0.444. The molecule has 27 heavy (non-hydrogen) atoms. The van der Waals surface area contributed by atoms with Crippen LogP contribution in [0, 0.1) is 6.92 Å². The van der Waals surface area contributed by atoms with E-state index in [0.717, 1.165) is 17.2 Å². The van der Waals surface area contributed by atoms with Gasteiger partial charge in [-0.25, -0.2) is 0 Å². The SMILES string of the molecule is COC1COCC1NC(=O)c1[nH]cc(Cc2ccc(C(F)(F)F)nc2)c1C. The Balaban J connectivity index is 1.69. The molecule has 2 atom stereocenters. The summed E-state index contributed by atoms with van der Waals surface area (Å²) in [5.41, 5.74) is 1.66. The van der Waals surface area contributed by atoms with Gasteiger partial charge in [-0.3, -0.25) is 9.78 Å². The molecule has 0 saturated carbocycles. The molecule has 146 valence electrons. The Kier molecular flexibility index (Phi) is 5.52. The van der Waals surface area contributed by atoms with Gasteiger partial charge in [0.15, 0.2) is 0 Å². The smallest absolute Gasteiger partial charge is 0.377 e. The Bertz CT molecular complexity index is 802. The average Bonchev–Trinajstić information content (AvgIpc) is 3.21. The molecule has 0 aromatic carbocycles. The van der Waals surface area contributed by atoms with Gasteiger partial charge >= 0.3 is 6.18 Å². The van der Waals surface area contributed by atoms with Crippen LogP contribution in [0.1, 0.15) is 32.9 Å². The summed E-state index contributed by atoms with van der Waals surface area (Å²) in [7, 11) is 1.56. The molecule has 3 heterocycles. The van der Waals surface area contributed by atoms with E-state index in [1.165, 1.54) is 12.3 Å². The number of halogens is 3. The molecule has 1 fully saturated rings. The van der Waals surface area contributed by atoms with Gasteiger partial charge in [-0.15, -0.1) is 0 Å². The van der Waals surface area contributed by atoms with Crippen molar-refractivity contribution in [2.45, 2.75) is 31.7 Å². The maximum atomic E-state index is 12.6. The molecular weight excluding hydrogens is 363 g/mol. The summed E-state index contributed by atoms with van der Waals surface area (Å²) in [5, 5.41) is 2.88. The second-order valence-electron chi connectivity index (χ2n) is 6.43. The van der Waals surface area contributed by atoms with Crippen LogP contribution in [0.5, 0.6) is 0 Å². The zero-order valence-corrected chi connectivity index (χ0v) is 14.9. The van der Waals surface area contributed by atoms with E-state index in [1.807, 2.05) is 0 Å². The van der Waals surface area contributed by atoms with Crippen molar-refractivity contribution in [1.29, 1.82) is 0 Å². The van der Waals surface area contributed by atoms with Gasteiger partial charge in [0.2, 0.25) is 0 Å². The Hall–Kier alpha value is -2.39. The molecule has 2 aromatic rings. The summed E-state index contributed by atoms with van der Waals surface area (Å²) in [4.78, 5) is 18.9. The van der Waals surface area contributed by atoms with E-state index in [0.29, 0.717) is 30.9 Å². The summed E-state index contributed by atoms with van der Waals surface area (Å²) in [6.07, 6.45) is -1.40. The highest BCUT2D eigenvalue weighted by molar-refractivity contribution is 5.94. The van der Waals surface area contributed by atoms with Crippen LogP contribution in [-0.4, -0.2) is 48.3 Å². The number of hydrogen-bond donors (Lipinski definition) is 2. The molecule has 1 aliphatic heterocycles. The molecule has 2 unspecified atom stereocenters. The third-order valence-electron chi connectivity index (χ3n) is 4.63. The standard InChI is InChI=1S/C18H20F3N3O3/c1-10-12(5-11-3-4-15(22-6-11)18(19,20)21)7-23-16(10)17(25)24-13-8-27-9-14(13)26-2/h3-4,6-7,13-14,23H,5,8-9H2,1-2H3,(H,24,25). The molecule has 9 heteroatoms. The normalized spacial score (nSPS) is 20.0. The molecule has 0 bridgehead atoms. The molecule has 1 amide bonds. The second kappa shape index (κ2) is 7.69. The molecule has 6 nitrogen and oxygen atoms in total. The minimum Gasteiger partial charge on any atom is -0.377 e. The van der Waals surface area contributed by atoms with Gasteiger partial charge in [-0.1, -0.05) is 6.07 Å². The van der Waals surface area contributed by atoms with Crippen molar-refractivity contribution in [3.63, 3.8) is 0 Å². The number of methoxy groups -OCH3 is 1. The Morgan fingerprint density at radius 3 is 2.81 bits per heavy atom. The number of ether oxygens (including phenoxy) is 2. The first-order valence-corrected chi connectivity index (χ1v) is 8.40. The predicted octanol–water partition coefficient (Wildman–Crippen LogP) is 2.47. The van der Waals surface area contributed by atoms with E-state index in [2.05, 4.69) is 15.3 Å². The van der Waals surface area contributed by atoms with Gasteiger partial charge in [0.05, 0.1) is 19.3 Å². The molecular formula is C18H20F3N3O3. The fourth-order valence-electron chi connectivity index (χ4n) is 3.01. The van der Waals surface area contributed by atoms with E-state index in [1.54, 1.807) is 20.2 Å². The van der Waals surface area contributed by atoms with Crippen LogP contribution in [0.25, 0.3) is 0 Å². The molecule has 3 rings (SSSR count). The number of pyridine rings is 1. The lowest BCUT2D eigenvalue weighted by molar-refractivity contribution is -0.141. The number of hydrogen-bond acceptors (Lipinski definition) is 4. The summed E-state index contributed by atoms with van der Waals surface area (Å²) in [6, 6.07) is 2.12. The summed E-state index contributed by atoms with van der Waals surface area (Å²) in [5.74, 6) is -0.276. The number of nitrogens with zero attached hydrogens (tertiary/aromatic N) is 1. The first-order chi connectivity index (χ1) is 12.8. The maximum absolute atomic E-state index is 12.6. The van der Waals surface area contributed by atoms with Gasteiger partial charge < -0.3 is 19.8 Å². The quantitative estimate of drug-likeness (QED) is 0.832. The minimum absolute atomic E-state index is 0.193. The number of aromatic amines is 1. The number of nitrogens with one attached hydrogen (secondary N) is 2. The van der Waals surface area contributed by atoms with Crippen LogP contribution in [0.2, 0.25) is 0 Å². The van der Waals surface area contributed by atoms with Crippen molar-refractivity contribution in [2.24, 2.45) is 0 Å². The van der Waals surface area contributed by atoms with Gasteiger partial charge in [0.25, 0.3) is 5.91 Å². The summed E-state index contributed by atoms with van der Waals surface area (Å²) >= 11 is 0. The van der Waals surface area contributed by atoms with Gasteiger partial charge in [-0.05, 0) is 29.7 Å². The van der Waals surface area contributed by atoms with Crippen LogP contribution in [0.3, 0.4) is 0 Å². The van der Waals surface area contributed by atoms with Gasteiger partial charge in [0.1, 0.15) is 17.5 Å². The first kappa shape index (κ1) is 19.4. The third-order valence-corrected chi connectivity index (χ3v) is 4.63. The van der Waals surface area contributed by atoms with Crippen LogP contribution in [0.15, 0.2) is 24.5 Å². The maximum Gasteiger partial charge on any atom is 0.433 e. The minimum atomic E-state index is -4.46. The largest absolute Gasteiger partial charge is 0.433 e. The number of aromatic nitrogens is 2. The highest BCUT2D eigenvalue weighted by Gasteiger charge is 2.32. The van der Waals surface area contributed by atoms with Crippen LogP contribution >= 0.6 is 0 Å². The average molecular weight is 383 g/mol. The predicted molar refractivity (Wildman–Crippen MR) is 90.4 cm³/mol. The van der Waals surface area contributed by atoms with Crippen molar-refractivity contribution in [2.75, 3.05) is 20.3 Å². The van der Waals surface area contributed by atoms with Gasteiger partial charge in [0, 0.05) is 25.9 Å². The van der Waals surface area contributed by atoms with E-state index < -0.39 is 11.9 Å². The lowest BCUT2D eigenvalue weighted by Gasteiger charge is -2.17. The molecule has 0 aliphatic carbocycles. The molecule has 0 radical (unpaired) electrons. The number of amides is 1. The lowest BCUT2D eigenvalue weighted by atomic mass is 10.0. The van der Waals surface area contributed by atoms with Crippen LogP contribution in [-0.2, 0) is 22.1 Å². The van der Waals surface area contributed by atoms with Crippen molar-refractivity contribution in [1.82, 2.24) is 15.3 Å². The Labute approximate surface area is 154 Å². The third kappa shape index (κ3) is 4.30. The molecule has 2 N–H and O–H groups in total. The van der Waals surface area contributed by atoms with Crippen LogP contribution < -0.4 is 5.32 Å². The number of H-pyrrole nitrogens is 1. The number of carbonyl (C=O) groups excluding carboxylic acids is 1. The zero-order valence-electron chi connectivity index (χ0n) is 14.9. The molecule has 1 aliphatic rings. The molecule has 0 spiro atoms. The Morgan fingerprint density at radius 1 is 1.41 bits per heavy atom. The van der Waals surface area contributed by atoms with Crippen molar-refractivity contribution < 1.29 is 27.4 Å². The zero-order chi connectivity index (χ0) is 19.6. The van der Waals surface area contributed by atoms with Crippen molar-refractivity contribution in [3.8, 4) is 0 Å². The second-order valence-corrected chi connectivity index (χ2v) is 6.43. The monoisotopic (exact) mass is 383 g/mol. The highest BCUT2D eigenvalue weighted by Crippen LogP contribution is 2.27. The fourth-order valence-corrected chi connectivity index (χ4v) is 3.01. The van der Waals surface area contributed by atoms with E-state index in [-0.39, 0.29) is 18.1 Å². The van der Waals surface area contributed by atoms with Gasteiger partial charge in [-0.2, -0.15) is 13.2 Å². The summed E-state index contributed by atoms with van der Waals surface area (Å²) < 4.78 is 48.4. The first-order valence-electron chi connectivity index (χ1n) is 8.40. The summed E-state index contributed by atoms with van der Waals surface area (Å²) in [6.45, 7) is 2.60. The highest BCUT2D eigenvalue weighted by atomic mass is 19.4. The number of alkyl halides is 3. The van der Waals surface area contributed by atoms with E-state index >= 15 is 0 Å². The molecule has 1 saturated heterocycles. The lowest BCUT2D eigenvalue weighted by Crippen LogP contribution is -2.43.